The van der Waals surface area contributed by atoms with Gasteiger partial charge in [0.25, 0.3) is 0 Å². The first-order chi connectivity index (χ1) is 15.3. The zero-order valence-electron chi connectivity index (χ0n) is 18.6. The molecule has 0 aromatic heterocycles. The number of esters is 1. The fourth-order valence-electron chi connectivity index (χ4n) is 3.35. The molecule has 0 radical (unpaired) electrons. The molecule has 0 spiro atoms. The maximum Gasteiger partial charge on any atom is 0.343 e. The van der Waals surface area contributed by atoms with Crippen molar-refractivity contribution in [2.24, 2.45) is 0 Å². The van der Waals surface area contributed by atoms with Crippen molar-refractivity contribution in [1.82, 2.24) is 0 Å². The number of fused-ring (bicyclic) bond motifs is 1. The van der Waals surface area contributed by atoms with Crippen molar-refractivity contribution in [3.8, 4) is 17.2 Å². The van der Waals surface area contributed by atoms with Gasteiger partial charge in [0.1, 0.15) is 0 Å². The zero-order chi connectivity index (χ0) is 23.4. The molecule has 0 saturated carbocycles. The average Bonchev–Trinajstić information content (AvgIpc) is 2.80. The highest BCUT2D eigenvalue weighted by molar-refractivity contribution is 6.26. The minimum absolute atomic E-state index is 0.0765. The van der Waals surface area contributed by atoms with Gasteiger partial charge in [-0.3, -0.25) is 9.59 Å². The van der Waals surface area contributed by atoms with Crippen molar-refractivity contribution in [2.75, 3.05) is 21.3 Å². The van der Waals surface area contributed by atoms with Gasteiger partial charge in [0, 0.05) is 11.1 Å². The van der Waals surface area contributed by atoms with E-state index in [0.717, 1.165) is 5.57 Å². The monoisotopic (exact) mass is 436 g/mol. The maximum absolute atomic E-state index is 13.2. The molecule has 0 bridgehead atoms. The Morgan fingerprint density at radius 3 is 1.94 bits per heavy atom. The second kappa shape index (κ2) is 9.51. The molecule has 0 aliphatic heterocycles. The van der Waals surface area contributed by atoms with E-state index in [9.17, 15) is 14.4 Å². The predicted molar refractivity (Wildman–Crippen MR) is 118 cm³/mol. The van der Waals surface area contributed by atoms with E-state index in [1.165, 1.54) is 33.5 Å². The first-order valence-electron chi connectivity index (χ1n) is 9.89. The lowest BCUT2D eigenvalue weighted by molar-refractivity contribution is 0.0579. The summed E-state index contributed by atoms with van der Waals surface area (Å²) < 4.78 is 21.3. The molecule has 3 rings (SSSR count). The van der Waals surface area contributed by atoms with Crippen LogP contribution in [-0.2, 0) is 4.74 Å². The number of ketones is 2. The number of Topliss-reactive ketones (excluding diaryl/α,β-unsaturated/α-hetero) is 2. The number of hydrogen-bond acceptors (Lipinski definition) is 7. The smallest absolute Gasteiger partial charge is 0.343 e. The van der Waals surface area contributed by atoms with E-state index < -0.39 is 11.8 Å². The molecule has 0 unspecified atom stereocenters. The third kappa shape index (κ3) is 4.27. The van der Waals surface area contributed by atoms with Crippen molar-refractivity contribution < 1.29 is 33.3 Å². The number of allylic oxidation sites excluding steroid dienone is 4. The molecule has 0 saturated heterocycles. The normalized spacial score (nSPS) is 12.8. The standard InChI is InChI=1S/C25H24O7/c1-14(2)10-11-18-21(26)16-8-6-7-9-17(16)22(27)23(18)32-25(28)15-12-19(29-3)24(31-5)20(13-15)30-4/h6-10,12-13H,11H2,1-5H3. The van der Waals surface area contributed by atoms with Crippen LogP contribution in [0.2, 0.25) is 0 Å². The van der Waals surface area contributed by atoms with E-state index in [1.54, 1.807) is 24.3 Å². The lowest BCUT2D eigenvalue weighted by atomic mass is 9.86. The van der Waals surface area contributed by atoms with Crippen LogP contribution in [-0.4, -0.2) is 38.9 Å². The molecular weight excluding hydrogens is 412 g/mol. The van der Waals surface area contributed by atoms with Crippen molar-refractivity contribution in [1.29, 1.82) is 0 Å². The molecule has 166 valence electrons. The van der Waals surface area contributed by atoms with Crippen LogP contribution in [0, 0.1) is 0 Å². The molecule has 2 aromatic rings. The fraction of sp³-hybridized carbons (Fsp3) is 0.240. The van der Waals surface area contributed by atoms with Gasteiger partial charge in [-0.05, 0) is 32.4 Å². The molecule has 7 heteroatoms. The first kappa shape index (κ1) is 22.8. The number of rotatable bonds is 7. The maximum atomic E-state index is 13.2. The van der Waals surface area contributed by atoms with E-state index in [0.29, 0.717) is 11.3 Å². The van der Waals surface area contributed by atoms with Crippen LogP contribution in [0.25, 0.3) is 0 Å². The molecule has 0 atom stereocenters. The van der Waals surface area contributed by atoms with Gasteiger partial charge in [-0.15, -0.1) is 0 Å². The number of methoxy groups -OCH3 is 3. The van der Waals surface area contributed by atoms with Gasteiger partial charge >= 0.3 is 5.97 Å². The number of carbonyl (C=O) groups is 3. The molecule has 0 fully saturated rings. The summed E-state index contributed by atoms with van der Waals surface area (Å²) in [4.78, 5) is 39.3. The quantitative estimate of drug-likeness (QED) is 0.464. The van der Waals surface area contributed by atoms with E-state index in [1.807, 2.05) is 19.9 Å². The third-order valence-corrected chi connectivity index (χ3v) is 4.98. The van der Waals surface area contributed by atoms with Crippen LogP contribution in [0.5, 0.6) is 17.2 Å². The van der Waals surface area contributed by atoms with Crippen molar-refractivity contribution in [3.05, 3.63) is 76.1 Å². The highest BCUT2D eigenvalue weighted by Gasteiger charge is 2.34. The molecule has 1 aliphatic carbocycles. The summed E-state index contributed by atoms with van der Waals surface area (Å²) >= 11 is 0. The average molecular weight is 436 g/mol. The summed E-state index contributed by atoms with van der Waals surface area (Å²) in [6.07, 6.45) is 1.97. The third-order valence-electron chi connectivity index (χ3n) is 4.98. The van der Waals surface area contributed by atoms with Crippen LogP contribution in [0.1, 0.15) is 51.3 Å². The van der Waals surface area contributed by atoms with Gasteiger partial charge in [-0.1, -0.05) is 35.9 Å². The van der Waals surface area contributed by atoms with E-state index >= 15 is 0 Å². The van der Waals surface area contributed by atoms with Crippen LogP contribution in [0.15, 0.2) is 59.4 Å². The Kier molecular flexibility index (Phi) is 6.78. The number of ether oxygens (including phenoxy) is 4. The summed E-state index contributed by atoms with van der Waals surface area (Å²) in [5.41, 5.74) is 1.67. The van der Waals surface area contributed by atoms with Crippen LogP contribution in [0.4, 0.5) is 0 Å². The van der Waals surface area contributed by atoms with E-state index in [-0.39, 0.29) is 46.2 Å². The molecule has 1 aliphatic rings. The molecule has 32 heavy (non-hydrogen) atoms. The Labute approximate surface area is 186 Å². The van der Waals surface area contributed by atoms with Gasteiger partial charge in [0.2, 0.25) is 11.5 Å². The van der Waals surface area contributed by atoms with Gasteiger partial charge in [0.15, 0.2) is 23.0 Å². The number of carbonyl (C=O) groups excluding carboxylic acids is 3. The fourth-order valence-corrected chi connectivity index (χ4v) is 3.35. The van der Waals surface area contributed by atoms with Crippen molar-refractivity contribution in [3.63, 3.8) is 0 Å². The lowest BCUT2D eigenvalue weighted by Crippen LogP contribution is -2.25. The number of benzene rings is 2. The minimum atomic E-state index is -0.825. The lowest BCUT2D eigenvalue weighted by Gasteiger charge is -2.20. The zero-order valence-corrected chi connectivity index (χ0v) is 18.6. The molecule has 7 nitrogen and oxygen atoms in total. The van der Waals surface area contributed by atoms with Crippen molar-refractivity contribution in [2.45, 2.75) is 20.3 Å². The van der Waals surface area contributed by atoms with Gasteiger partial charge in [-0.2, -0.15) is 0 Å². The summed E-state index contributed by atoms with van der Waals surface area (Å²) in [6, 6.07) is 9.32. The number of hydrogen-bond donors (Lipinski definition) is 0. The predicted octanol–water partition coefficient (Wildman–Crippen LogP) is 4.56. The Morgan fingerprint density at radius 2 is 1.44 bits per heavy atom. The summed E-state index contributed by atoms with van der Waals surface area (Å²) in [6.45, 7) is 3.76. The summed E-state index contributed by atoms with van der Waals surface area (Å²) in [5, 5.41) is 0. The highest BCUT2D eigenvalue weighted by Crippen LogP contribution is 2.39. The molecule has 0 N–H and O–H groups in total. The van der Waals surface area contributed by atoms with Gasteiger partial charge in [-0.25, -0.2) is 4.79 Å². The highest BCUT2D eigenvalue weighted by atomic mass is 16.5. The second-order valence-corrected chi connectivity index (χ2v) is 7.30. The van der Waals surface area contributed by atoms with Gasteiger partial charge < -0.3 is 18.9 Å². The summed E-state index contributed by atoms with van der Waals surface area (Å²) in [7, 11) is 4.29. The Bertz CT molecular complexity index is 1130. The minimum Gasteiger partial charge on any atom is -0.493 e. The van der Waals surface area contributed by atoms with Crippen LogP contribution < -0.4 is 14.2 Å². The SMILES string of the molecule is COc1cc(C(=O)OC2=C(CC=C(C)C)C(=O)c3ccccc3C2=O)cc(OC)c1OC. The Balaban J connectivity index is 2.07. The van der Waals surface area contributed by atoms with Crippen LogP contribution in [0.3, 0.4) is 0 Å². The first-order valence-corrected chi connectivity index (χ1v) is 9.89. The van der Waals surface area contributed by atoms with E-state index in [2.05, 4.69) is 0 Å². The summed E-state index contributed by atoms with van der Waals surface area (Å²) in [5.74, 6) is -1.13. The van der Waals surface area contributed by atoms with Gasteiger partial charge in [0.05, 0.1) is 32.5 Å². The molecular formula is C25H24O7. The second-order valence-electron chi connectivity index (χ2n) is 7.30. The molecule has 0 amide bonds. The van der Waals surface area contributed by atoms with Crippen LogP contribution >= 0.6 is 0 Å². The Morgan fingerprint density at radius 1 is 0.875 bits per heavy atom. The molecule has 2 aromatic carbocycles. The van der Waals surface area contributed by atoms with E-state index in [4.69, 9.17) is 18.9 Å². The topological polar surface area (TPSA) is 88.1 Å². The largest absolute Gasteiger partial charge is 0.493 e. The molecule has 0 heterocycles. The Hall–Kier alpha value is -3.87. The van der Waals surface area contributed by atoms with Crippen molar-refractivity contribution >= 4 is 17.5 Å².